The van der Waals surface area contributed by atoms with Crippen LogP contribution in [0.2, 0.25) is 0 Å². The third-order valence-electron chi connectivity index (χ3n) is 3.66. The van der Waals surface area contributed by atoms with Crippen molar-refractivity contribution in [2.24, 2.45) is 0 Å². The Balaban J connectivity index is 3.12. The fraction of sp³-hybridized carbons (Fsp3) is 0.941. The first kappa shape index (κ1) is 17.7. The lowest BCUT2D eigenvalue weighted by molar-refractivity contribution is 0.603. The van der Waals surface area contributed by atoms with Gasteiger partial charge in [0.1, 0.15) is 0 Å². The van der Waals surface area contributed by atoms with E-state index in [2.05, 4.69) is 13.8 Å². The van der Waals surface area contributed by atoms with E-state index in [0.29, 0.717) is 0 Å². The van der Waals surface area contributed by atoms with Crippen molar-refractivity contribution in [2.75, 3.05) is 0 Å². The van der Waals surface area contributed by atoms with Crippen LogP contribution in [0.3, 0.4) is 0 Å². The highest BCUT2D eigenvalue weighted by atomic mass is 14.4. The molecule has 1 nitrogen and oxygen atoms in total. The van der Waals surface area contributed by atoms with Crippen molar-refractivity contribution >= 4 is 5.71 Å². The predicted octanol–water partition coefficient (Wildman–Crippen LogP) is 6.51. The normalized spacial score (nSPS) is 10.8. The van der Waals surface area contributed by atoms with E-state index >= 15 is 0 Å². The summed E-state index contributed by atoms with van der Waals surface area (Å²) in [6.45, 7) is 4.52. The summed E-state index contributed by atoms with van der Waals surface area (Å²) in [5, 5.41) is 7.92. The van der Waals surface area contributed by atoms with Crippen molar-refractivity contribution in [3.05, 3.63) is 0 Å². The average Bonchev–Trinajstić information content (AvgIpc) is 2.38. The van der Waals surface area contributed by atoms with Gasteiger partial charge in [0.25, 0.3) is 0 Å². The van der Waals surface area contributed by atoms with E-state index in [1.807, 2.05) is 0 Å². The van der Waals surface area contributed by atoms with Gasteiger partial charge in [0.15, 0.2) is 0 Å². The summed E-state index contributed by atoms with van der Waals surface area (Å²) in [7, 11) is 0. The van der Waals surface area contributed by atoms with Crippen LogP contribution in [-0.4, -0.2) is 5.71 Å². The maximum absolute atomic E-state index is 7.92. The molecule has 0 unspecified atom stereocenters. The summed E-state index contributed by atoms with van der Waals surface area (Å²) >= 11 is 0. The Labute approximate surface area is 115 Å². The minimum absolute atomic E-state index is 1.00. The smallest absolute Gasteiger partial charge is 0.00891 e. The number of nitrogens with one attached hydrogen (secondary N) is 1. The van der Waals surface area contributed by atoms with Gasteiger partial charge in [0.2, 0.25) is 0 Å². The summed E-state index contributed by atoms with van der Waals surface area (Å²) in [4.78, 5) is 0. The average molecular weight is 253 g/mol. The molecule has 0 amide bonds. The van der Waals surface area contributed by atoms with Crippen LogP contribution in [0.4, 0.5) is 0 Å². The molecule has 0 atom stereocenters. The summed E-state index contributed by atoms with van der Waals surface area (Å²) in [5.41, 5.74) is 1.00. The first-order valence-corrected chi connectivity index (χ1v) is 8.37. The second kappa shape index (κ2) is 14.7. The molecule has 1 heteroatoms. The fourth-order valence-corrected chi connectivity index (χ4v) is 2.36. The van der Waals surface area contributed by atoms with E-state index < -0.39 is 0 Å². The topological polar surface area (TPSA) is 23.9 Å². The van der Waals surface area contributed by atoms with Gasteiger partial charge in [-0.15, -0.1) is 0 Å². The molecule has 0 aromatic rings. The van der Waals surface area contributed by atoms with Crippen LogP contribution in [-0.2, 0) is 0 Å². The lowest BCUT2D eigenvalue weighted by Crippen LogP contribution is -1.96. The lowest BCUT2D eigenvalue weighted by Gasteiger charge is -2.04. The first-order chi connectivity index (χ1) is 8.81. The highest BCUT2D eigenvalue weighted by Gasteiger charge is 1.98. The van der Waals surface area contributed by atoms with Crippen LogP contribution >= 0.6 is 0 Å². The van der Waals surface area contributed by atoms with Gasteiger partial charge in [0.05, 0.1) is 0 Å². The van der Waals surface area contributed by atoms with E-state index in [0.717, 1.165) is 18.6 Å². The zero-order valence-electron chi connectivity index (χ0n) is 12.9. The van der Waals surface area contributed by atoms with Crippen molar-refractivity contribution in [1.29, 1.82) is 5.41 Å². The Morgan fingerprint density at radius 3 is 1.28 bits per heavy atom. The first-order valence-electron chi connectivity index (χ1n) is 8.37. The largest absolute Gasteiger partial charge is 0.310 e. The molecular weight excluding hydrogens is 218 g/mol. The van der Waals surface area contributed by atoms with Gasteiger partial charge >= 0.3 is 0 Å². The summed E-state index contributed by atoms with van der Waals surface area (Å²) in [5.74, 6) is 0. The zero-order valence-corrected chi connectivity index (χ0v) is 12.9. The molecule has 0 aliphatic heterocycles. The molecule has 0 heterocycles. The molecule has 108 valence electrons. The molecule has 0 aromatic heterocycles. The Kier molecular flexibility index (Phi) is 14.5. The molecular formula is C17H35N. The zero-order chi connectivity index (χ0) is 13.5. The number of rotatable bonds is 14. The lowest BCUT2D eigenvalue weighted by atomic mass is 10.0. The molecule has 18 heavy (non-hydrogen) atoms. The molecule has 0 aromatic carbocycles. The third-order valence-corrected chi connectivity index (χ3v) is 3.66. The summed E-state index contributed by atoms with van der Waals surface area (Å²) < 4.78 is 0. The second-order valence-electron chi connectivity index (χ2n) is 5.64. The Morgan fingerprint density at radius 1 is 0.556 bits per heavy atom. The molecule has 0 aliphatic carbocycles. The van der Waals surface area contributed by atoms with Crippen molar-refractivity contribution < 1.29 is 0 Å². The molecule has 0 saturated heterocycles. The maximum atomic E-state index is 7.92. The maximum Gasteiger partial charge on any atom is 0.00891 e. The monoisotopic (exact) mass is 253 g/mol. The Hall–Kier alpha value is -0.330. The molecule has 0 rings (SSSR count). The van der Waals surface area contributed by atoms with Crippen molar-refractivity contribution in [3.8, 4) is 0 Å². The number of hydrogen-bond acceptors (Lipinski definition) is 1. The van der Waals surface area contributed by atoms with Gasteiger partial charge in [-0.05, 0) is 25.7 Å². The minimum atomic E-state index is 1.00. The van der Waals surface area contributed by atoms with Crippen LogP contribution in [0.1, 0.15) is 104 Å². The van der Waals surface area contributed by atoms with E-state index in [1.165, 1.54) is 77.0 Å². The van der Waals surface area contributed by atoms with E-state index in [4.69, 9.17) is 5.41 Å². The SMILES string of the molecule is CCCCCCCCC(=N)CCCCCCCC. The van der Waals surface area contributed by atoms with Crippen molar-refractivity contribution in [2.45, 2.75) is 104 Å². The number of unbranched alkanes of at least 4 members (excludes halogenated alkanes) is 10. The van der Waals surface area contributed by atoms with E-state index in [1.54, 1.807) is 0 Å². The molecule has 0 radical (unpaired) electrons. The standard InChI is InChI=1S/C17H35N/c1-3-5-7-9-11-13-15-17(18)16-14-12-10-8-6-4-2/h18H,3-16H2,1-2H3. The molecule has 0 fully saturated rings. The third kappa shape index (κ3) is 13.7. The van der Waals surface area contributed by atoms with E-state index in [-0.39, 0.29) is 0 Å². The van der Waals surface area contributed by atoms with Crippen molar-refractivity contribution in [3.63, 3.8) is 0 Å². The van der Waals surface area contributed by atoms with Crippen LogP contribution in [0.25, 0.3) is 0 Å². The van der Waals surface area contributed by atoms with Gasteiger partial charge < -0.3 is 5.41 Å². The fourth-order valence-electron chi connectivity index (χ4n) is 2.36. The Bertz CT molecular complexity index is 156. The van der Waals surface area contributed by atoms with Crippen LogP contribution in [0, 0.1) is 5.41 Å². The van der Waals surface area contributed by atoms with Crippen LogP contribution in [0.5, 0.6) is 0 Å². The molecule has 0 spiro atoms. The van der Waals surface area contributed by atoms with Gasteiger partial charge in [-0.2, -0.15) is 0 Å². The molecule has 0 aliphatic rings. The second-order valence-corrected chi connectivity index (χ2v) is 5.64. The van der Waals surface area contributed by atoms with Crippen molar-refractivity contribution in [1.82, 2.24) is 0 Å². The highest BCUT2D eigenvalue weighted by molar-refractivity contribution is 5.81. The Morgan fingerprint density at radius 2 is 0.889 bits per heavy atom. The summed E-state index contributed by atoms with van der Waals surface area (Å²) in [6.07, 6.45) is 18.2. The van der Waals surface area contributed by atoms with Crippen LogP contribution < -0.4 is 0 Å². The summed E-state index contributed by atoms with van der Waals surface area (Å²) in [6, 6.07) is 0. The van der Waals surface area contributed by atoms with Gasteiger partial charge in [-0.3, -0.25) is 0 Å². The molecule has 0 bridgehead atoms. The van der Waals surface area contributed by atoms with Gasteiger partial charge in [-0.25, -0.2) is 0 Å². The van der Waals surface area contributed by atoms with Gasteiger partial charge in [-0.1, -0.05) is 78.1 Å². The van der Waals surface area contributed by atoms with Gasteiger partial charge in [0, 0.05) is 5.71 Å². The highest BCUT2D eigenvalue weighted by Crippen LogP contribution is 2.11. The predicted molar refractivity (Wildman–Crippen MR) is 83.7 cm³/mol. The van der Waals surface area contributed by atoms with E-state index in [9.17, 15) is 0 Å². The number of hydrogen-bond donors (Lipinski definition) is 1. The quantitative estimate of drug-likeness (QED) is 0.269. The molecule has 1 N–H and O–H groups in total. The minimum Gasteiger partial charge on any atom is -0.310 e. The van der Waals surface area contributed by atoms with Crippen LogP contribution in [0.15, 0.2) is 0 Å². The molecule has 0 saturated carbocycles.